The summed E-state index contributed by atoms with van der Waals surface area (Å²) < 4.78 is 5.37. The van der Waals surface area contributed by atoms with E-state index < -0.39 is 0 Å². The average molecular weight is 315 g/mol. The van der Waals surface area contributed by atoms with Crippen LogP contribution in [0.4, 0.5) is 5.69 Å². The van der Waals surface area contributed by atoms with Crippen LogP contribution in [0.15, 0.2) is 30.3 Å². The maximum atomic E-state index is 12.2. The lowest BCUT2D eigenvalue weighted by atomic mass is 10.1. The highest BCUT2D eigenvalue weighted by molar-refractivity contribution is 5.91. The fraction of sp³-hybridized carbons (Fsp3) is 0.500. The third-order valence-electron chi connectivity index (χ3n) is 4.46. The van der Waals surface area contributed by atoms with Crippen LogP contribution >= 0.6 is 0 Å². The monoisotopic (exact) mass is 315 g/mol. The first kappa shape index (κ1) is 16.0. The average Bonchev–Trinajstić information content (AvgIpc) is 2.61. The Bertz CT molecular complexity index is 550. The van der Waals surface area contributed by atoms with Crippen molar-refractivity contribution in [3.63, 3.8) is 0 Å². The molecule has 0 aliphatic carbocycles. The van der Waals surface area contributed by atoms with Crippen LogP contribution < -0.4 is 10.6 Å². The summed E-state index contributed by atoms with van der Waals surface area (Å²) in [6, 6.07) is 8.43. The molecule has 1 amide bonds. The summed E-state index contributed by atoms with van der Waals surface area (Å²) in [5, 5.41) is 0. The van der Waals surface area contributed by atoms with Gasteiger partial charge in [-0.05, 0) is 36.6 Å². The molecule has 0 aromatic heterocycles. The van der Waals surface area contributed by atoms with Crippen molar-refractivity contribution >= 4 is 17.7 Å². The van der Waals surface area contributed by atoms with E-state index in [2.05, 4.69) is 29.2 Å². The van der Waals surface area contributed by atoms with E-state index in [-0.39, 0.29) is 11.9 Å². The molecule has 0 saturated carbocycles. The molecule has 23 heavy (non-hydrogen) atoms. The highest BCUT2D eigenvalue weighted by Crippen LogP contribution is 2.17. The van der Waals surface area contributed by atoms with Crippen molar-refractivity contribution in [1.29, 1.82) is 0 Å². The zero-order valence-corrected chi connectivity index (χ0v) is 13.5. The van der Waals surface area contributed by atoms with Crippen LogP contribution in [0.2, 0.25) is 0 Å². The minimum Gasteiger partial charge on any atom is -0.378 e. The Morgan fingerprint density at radius 3 is 2.61 bits per heavy atom. The quantitative estimate of drug-likeness (QED) is 0.859. The number of carbonyl (C=O) groups excluding carboxylic acids is 1. The fourth-order valence-corrected chi connectivity index (χ4v) is 3.10. The molecule has 2 heterocycles. The number of rotatable bonds is 3. The lowest BCUT2D eigenvalue weighted by molar-refractivity contribution is -0.127. The molecule has 2 aliphatic heterocycles. The van der Waals surface area contributed by atoms with Crippen molar-refractivity contribution in [2.75, 3.05) is 44.3 Å². The van der Waals surface area contributed by atoms with E-state index in [1.165, 1.54) is 5.69 Å². The van der Waals surface area contributed by atoms with Gasteiger partial charge in [-0.25, -0.2) is 0 Å². The van der Waals surface area contributed by atoms with Gasteiger partial charge in [0.2, 0.25) is 5.91 Å². The topological polar surface area (TPSA) is 58.8 Å². The van der Waals surface area contributed by atoms with E-state index in [0.29, 0.717) is 6.54 Å². The number of likely N-dealkylation sites (tertiary alicyclic amines) is 1. The Kier molecular flexibility index (Phi) is 5.31. The summed E-state index contributed by atoms with van der Waals surface area (Å²) in [5.41, 5.74) is 8.17. The molecule has 3 rings (SSSR count). The van der Waals surface area contributed by atoms with E-state index in [4.69, 9.17) is 10.5 Å². The molecule has 1 aromatic carbocycles. The number of nitrogens with two attached hydrogens (primary N) is 1. The normalized spacial score (nSPS) is 22.6. The van der Waals surface area contributed by atoms with Gasteiger partial charge in [-0.1, -0.05) is 12.1 Å². The number of hydrogen-bond donors (Lipinski definition) is 1. The van der Waals surface area contributed by atoms with Gasteiger partial charge in [0.1, 0.15) is 0 Å². The first-order chi connectivity index (χ1) is 11.2. The van der Waals surface area contributed by atoms with Gasteiger partial charge in [0.15, 0.2) is 0 Å². The Balaban J connectivity index is 1.57. The highest BCUT2D eigenvalue weighted by atomic mass is 16.5. The first-order valence-corrected chi connectivity index (χ1v) is 8.38. The predicted molar refractivity (Wildman–Crippen MR) is 92.3 cm³/mol. The molecule has 2 aliphatic rings. The molecule has 124 valence electrons. The van der Waals surface area contributed by atoms with E-state index in [1.54, 1.807) is 6.08 Å². The van der Waals surface area contributed by atoms with Gasteiger partial charge < -0.3 is 20.3 Å². The zero-order valence-electron chi connectivity index (χ0n) is 13.5. The first-order valence-electron chi connectivity index (χ1n) is 8.38. The summed E-state index contributed by atoms with van der Waals surface area (Å²) in [4.78, 5) is 16.3. The maximum absolute atomic E-state index is 12.2. The van der Waals surface area contributed by atoms with Crippen LogP contribution in [0.1, 0.15) is 18.4 Å². The Labute approximate surface area is 137 Å². The molecule has 0 spiro atoms. The lowest BCUT2D eigenvalue weighted by Gasteiger charge is -2.29. The SMILES string of the molecule is NC1CCCN(C(=O)C=Cc2ccc(N3CCOCC3)cc2)C1. The Hall–Kier alpha value is -1.85. The van der Waals surface area contributed by atoms with Crippen molar-refractivity contribution < 1.29 is 9.53 Å². The summed E-state index contributed by atoms with van der Waals surface area (Å²) in [6.45, 7) is 4.92. The molecule has 0 bridgehead atoms. The number of anilines is 1. The van der Waals surface area contributed by atoms with Gasteiger partial charge >= 0.3 is 0 Å². The molecular formula is C18H25N3O2. The van der Waals surface area contributed by atoms with Crippen LogP contribution in [0.25, 0.3) is 6.08 Å². The maximum Gasteiger partial charge on any atom is 0.246 e. The fourth-order valence-electron chi connectivity index (χ4n) is 3.10. The van der Waals surface area contributed by atoms with Crippen molar-refractivity contribution in [3.8, 4) is 0 Å². The Morgan fingerprint density at radius 1 is 1.17 bits per heavy atom. The van der Waals surface area contributed by atoms with Gasteiger partial charge in [0.25, 0.3) is 0 Å². The van der Waals surface area contributed by atoms with Crippen LogP contribution in [0.3, 0.4) is 0 Å². The number of hydrogen-bond acceptors (Lipinski definition) is 4. The molecule has 1 atom stereocenters. The van der Waals surface area contributed by atoms with Crippen molar-refractivity contribution in [2.24, 2.45) is 5.73 Å². The smallest absolute Gasteiger partial charge is 0.246 e. The zero-order chi connectivity index (χ0) is 16.1. The minimum atomic E-state index is 0.0532. The van der Waals surface area contributed by atoms with Gasteiger partial charge in [-0.3, -0.25) is 4.79 Å². The molecule has 1 aromatic rings. The third kappa shape index (κ3) is 4.33. The summed E-state index contributed by atoms with van der Waals surface area (Å²) in [5.74, 6) is 0.0532. The van der Waals surface area contributed by atoms with Crippen LogP contribution in [0.5, 0.6) is 0 Å². The van der Waals surface area contributed by atoms with Crippen molar-refractivity contribution in [2.45, 2.75) is 18.9 Å². The van der Waals surface area contributed by atoms with E-state index >= 15 is 0 Å². The number of piperidine rings is 1. The second-order valence-corrected chi connectivity index (χ2v) is 6.21. The van der Waals surface area contributed by atoms with E-state index in [1.807, 2.05) is 11.0 Å². The van der Waals surface area contributed by atoms with Crippen LogP contribution in [-0.4, -0.2) is 56.2 Å². The number of nitrogens with zero attached hydrogens (tertiary/aromatic N) is 2. The van der Waals surface area contributed by atoms with Gasteiger partial charge in [-0.15, -0.1) is 0 Å². The van der Waals surface area contributed by atoms with Crippen molar-refractivity contribution in [3.05, 3.63) is 35.9 Å². The predicted octanol–water partition coefficient (Wildman–Crippen LogP) is 1.49. The number of morpholine rings is 1. The lowest BCUT2D eigenvalue weighted by Crippen LogP contribution is -2.45. The third-order valence-corrected chi connectivity index (χ3v) is 4.46. The largest absolute Gasteiger partial charge is 0.378 e. The molecule has 1 unspecified atom stereocenters. The second-order valence-electron chi connectivity index (χ2n) is 6.21. The molecule has 2 N–H and O–H groups in total. The molecule has 5 nitrogen and oxygen atoms in total. The summed E-state index contributed by atoms with van der Waals surface area (Å²) in [7, 11) is 0. The molecule has 0 radical (unpaired) electrons. The number of amides is 1. The van der Waals surface area contributed by atoms with E-state index in [9.17, 15) is 4.79 Å². The van der Waals surface area contributed by atoms with Gasteiger partial charge in [0.05, 0.1) is 13.2 Å². The minimum absolute atomic E-state index is 0.0532. The Morgan fingerprint density at radius 2 is 1.91 bits per heavy atom. The standard InChI is InChI=1S/C18H25N3O2/c19-16-2-1-9-21(14-16)18(22)8-5-15-3-6-17(7-4-15)20-10-12-23-13-11-20/h3-8,16H,1-2,9-14,19H2. The number of benzene rings is 1. The summed E-state index contributed by atoms with van der Waals surface area (Å²) in [6.07, 6.45) is 5.54. The number of carbonyl (C=O) groups is 1. The number of ether oxygens (including phenoxy) is 1. The van der Waals surface area contributed by atoms with Gasteiger partial charge in [0, 0.05) is 44.0 Å². The van der Waals surface area contributed by atoms with Gasteiger partial charge in [-0.2, -0.15) is 0 Å². The van der Waals surface area contributed by atoms with Crippen LogP contribution in [0, 0.1) is 0 Å². The molecule has 2 saturated heterocycles. The molecule has 2 fully saturated rings. The van der Waals surface area contributed by atoms with Crippen LogP contribution in [-0.2, 0) is 9.53 Å². The second kappa shape index (κ2) is 7.62. The molecule has 5 heteroatoms. The summed E-state index contributed by atoms with van der Waals surface area (Å²) >= 11 is 0. The highest BCUT2D eigenvalue weighted by Gasteiger charge is 2.19. The van der Waals surface area contributed by atoms with Crippen molar-refractivity contribution in [1.82, 2.24) is 4.90 Å². The molecular weight excluding hydrogens is 290 g/mol. The van der Waals surface area contributed by atoms with E-state index in [0.717, 1.165) is 51.3 Å².